The van der Waals surface area contributed by atoms with Gasteiger partial charge in [0.25, 0.3) is 0 Å². The molecule has 0 bridgehead atoms. The average molecular weight is 250 g/mol. The van der Waals surface area contributed by atoms with Gasteiger partial charge >= 0.3 is 5.97 Å². The number of hydrogen-bond acceptors (Lipinski definition) is 4. The van der Waals surface area contributed by atoms with Crippen molar-refractivity contribution in [2.45, 2.75) is 26.7 Å². The van der Waals surface area contributed by atoms with Crippen LogP contribution < -0.4 is 10.6 Å². The monoisotopic (exact) mass is 250 g/mol. The van der Waals surface area contributed by atoms with Crippen LogP contribution in [0.4, 0.5) is 11.4 Å². The van der Waals surface area contributed by atoms with E-state index in [0.717, 1.165) is 31.6 Å². The quantitative estimate of drug-likeness (QED) is 0.623. The molecular formula is C14H22N2O2. The Kier molecular flexibility index (Phi) is 5.49. The Bertz CT molecular complexity index is 405. The van der Waals surface area contributed by atoms with Crippen LogP contribution in [0.3, 0.4) is 0 Å². The van der Waals surface area contributed by atoms with Crippen LogP contribution in [0.2, 0.25) is 0 Å². The van der Waals surface area contributed by atoms with Gasteiger partial charge < -0.3 is 15.4 Å². The first-order valence-electron chi connectivity index (χ1n) is 6.37. The summed E-state index contributed by atoms with van der Waals surface area (Å²) >= 11 is 0. The van der Waals surface area contributed by atoms with Crippen LogP contribution in [0, 0.1) is 0 Å². The highest BCUT2D eigenvalue weighted by Crippen LogP contribution is 2.28. The summed E-state index contributed by atoms with van der Waals surface area (Å²) in [5.74, 6) is -0.341. The van der Waals surface area contributed by atoms with Crippen molar-refractivity contribution >= 4 is 17.3 Å². The van der Waals surface area contributed by atoms with E-state index in [2.05, 4.69) is 18.7 Å². The fourth-order valence-electron chi connectivity index (χ4n) is 1.97. The molecule has 0 heterocycles. The third-order valence-corrected chi connectivity index (χ3v) is 2.95. The molecule has 0 aromatic heterocycles. The third kappa shape index (κ3) is 3.15. The van der Waals surface area contributed by atoms with Gasteiger partial charge in [-0.2, -0.15) is 0 Å². The predicted molar refractivity (Wildman–Crippen MR) is 75.0 cm³/mol. The number of nitrogens with two attached hydrogens (primary N) is 1. The second-order valence-electron chi connectivity index (χ2n) is 4.17. The number of ether oxygens (including phenoxy) is 1. The van der Waals surface area contributed by atoms with Crippen molar-refractivity contribution in [2.24, 2.45) is 0 Å². The van der Waals surface area contributed by atoms with Crippen LogP contribution in [-0.4, -0.2) is 26.2 Å². The van der Waals surface area contributed by atoms with Crippen molar-refractivity contribution in [3.63, 3.8) is 0 Å². The molecule has 100 valence electrons. The highest BCUT2D eigenvalue weighted by Gasteiger charge is 2.18. The van der Waals surface area contributed by atoms with Crippen LogP contribution >= 0.6 is 0 Å². The number of benzene rings is 1. The molecule has 0 unspecified atom stereocenters. The molecule has 4 heteroatoms. The van der Waals surface area contributed by atoms with E-state index in [1.54, 1.807) is 12.1 Å². The minimum Gasteiger partial charge on any atom is -0.465 e. The zero-order valence-electron chi connectivity index (χ0n) is 11.4. The van der Waals surface area contributed by atoms with Crippen molar-refractivity contribution in [3.8, 4) is 0 Å². The first kappa shape index (κ1) is 14.4. The lowest BCUT2D eigenvalue weighted by atomic mass is 10.1. The smallest absolute Gasteiger partial charge is 0.340 e. The van der Waals surface area contributed by atoms with Crippen LogP contribution in [-0.2, 0) is 4.74 Å². The average Bonchev–Trinajstić information content (AvgIpc) is 2.40. The number of rotatable bonds is 6. The van der Waals surface area contributed by atoms with Crippen molar-refractivity contribution in [2.75, 3.05) is 30.8 Å². The number of methoxy groups -OCH3 is 1. The van der Waals surface area contributed by atoms with Crippen molar-refractivity contribution < 1.29 is 9.53 Å². The molecule has 1 rings (SSSR count). The maximum atomic E-state index is 11.8. The maximum absolute atomic E-state index is 11.8. The Morgan fingerprint density at radius 2 is 2.11 bits per heavy atom. The van der Waals surface area contributed by atoms with Crippen LogP contribution in [0.1, 0.15) is 37.0 Å². The summed E-state index contributed by atoms with van der Waals surface area (Å²) < 4.78 is 4.81. The second-order valence-corrected chi connectivity index (χ2v) is 4.17. The fourth-order valence-corrected chi connectivity index (χ4v) is 1.97. The number of nitrogen functional groups attached to an aromatic ring is 1. The van der Waals surface area contributed by atoms with E-state index in [-0.39, 0.29) is 5.97 Å². The van der Waals surface area contributed by atoms with Gasteiger partial charge in [0.15, 0.2) is 0 Å². The summed E-state index contributed by atoms with van der Waals surface area (Å²) in [5, 5.41) is 0. The number of carbonyl (C=O) groups excluding carboxylic acids is 1. The van der Waals surface area contributed by atoms with Crippen molar-refractivity contribution in [3.05, 3.63) is 23.8 Å². The molecule has 0 aliphatic heterocycles. The molecule has 0 amide bonds. The molecule has 2 N–H and O–H groups in total. The Balaban J connectivity index is 3.14. The Morgan fingerprint density at radius 3 is 2.67 bits per heavy atom. The minimum absolute atomic E-state index is 0.341. The molecule has 0 atom stereocenters. The van der Waals surface area contributed by atoms with Gasteiger partial charge in [-0.3, -0.25) is 0 Å². The lowest BCUT2D eigenvalue weighted by molar-refractivity contribution is 0.0601. The van der Waals surface area contributed by atoms with Gasteiger partial charge in [-0.25, -0.2) is 4.79 Å². The first-order valence-corrected chi connectivity index (χ1v) is 6.37. The minimum atomic E-state index is -0.341. The maximum Gasteiger partial charge on any atom is 0.340 e. The molecule has 0 aliphatic rings. The van der Waals surface area contributed by atoms with E-state index in [9.17, 15) is 4.79 Å². The second kappa shape index (κ2) is 6.89. The van der Waals surface area contributed by atoms with Gasteiger partial charge in [0, 0.05) is 13.1 Å². The number of esters is 1. The zero-order valence-corrected chi connectivity index (χ0v) is 11.4. The van der Waals surface area contributed by atoms with E-state index >= 15 is 0 Å². The summed E-state index contributed by atoms with van der Waals surface area (Å²) in [6, 6.07) is 5.35. The lowest BCUT2D eigenvalue weighted by Crippen LogP contribution is -2.27. The molecule has 1 aromatic carbocycles. The summed E-state index contributed by atoms with van der Waals surface area (Å²) in [4.78, 5) is 13.9. The number of anilines is 2. The van der Waals surface area contributed by atoms with Crippen LogP contribution in [0.15, 0.2) is 18.2 Å². The van der Waals surface area contributed by atoms with E-state index < -0.39 is 0 Å². The van der Waals surface area contributed by atoms with Crippen LogP contribution in [0.25, 0.3) is 0 Å². The molecule has 0 radical (unpaired) electrons. The normalized spacial score (nSPS) is 10.2. The Labute approximate surface area is 109 Å². The van der Waals surface area contributed by atoms with Gasteiger partial charge in [0.05, 0.1) is 24.0 Å². The van der Waals surface area contributed by atoms with Gasteiger partial charge in [0.1, 0.15) is 0 Å². The molecule has 0 saturated heterocycles. The number of unbranched alkanes of at least 4 members (excludes halogenated alkanes) is 1. The van der Waals surface area contributed by atoms with Gasteiger partial charge in [-0.1, -0.05) is 19.4 Å². The molecule has 0 spiro atoms. The standard InChI is InChI=1S/C14H22N2O2/c1-4-6-10-16(5-2)13-11(14(17)18-3)8-7-9-12(13)15/h7-9H,4-6,10,15H2,1-3H3. The molecule has 1 aromatic rings. The van der Waals surface area contributed by atoms with Gasteiger partial charge in [-0.05, 0) is 25.5 Å². The fraction of sp³-hybridized carbons (Fsp3) is 0.500. The van der Waals surface area contributed by atoms with E-state index in [0.29, 0.717) is 11.3 Å². The summed E-state index contributed by atoms with van der Waals surface area (Å²) in [6.45, 7) is 5.91. The SMILES string of the molecule is CCCCN(CC)c1c(N)cccc1C(=O)OC. The topological polar surface area (TPSA) is 55.6 Å². The van der Waals surface area contributed by atoms with Crippen molar-refractivity contribution in [1.82, 2.24) is 0 Å². The zero-order chi connectivity index (χ0) is 13.5. The molecule has 0 saturated carbocycles. The third-order valence-electron chi connectivity index (χ3n) is 2.95. The molecular weight excluding hydrogens is 228 g/mol. The first-order chi connectivity index (χ1) is 8.65. The van der Waals surface area contributed by atoms with Gasteiger partial charge in [0.2, 0.25) is 0 Å². The van der Waals surface area contributed by atoms with Crippen LogP contribution in [0.5, 0.6) is 0 Å². The van der Waals surface area contributed by atoms with E-state index in [1.807, 2.05) is 6.07 Å². The Hall–Kier alpha value is -1.71. The summed E-state index contributed by atoms with van der Waals surface area (Å²) in [6.07, 6.45) is 2.18. The highest BCUT2D eigenvalue weighted by atomic mass is 16.5. The molecule has 4 nitrogen and oxygen atoms in total. The number of carbonyl (C=O) groups is 1. The van der Waals surface area contributed by atoms with Crippen molar-refractivity contribution in [1.29, 1.82) is 0 Å². The summed E-state index contributed by atoms with van der Waals surface area (Å²) in [7, 11) is 1.39. The highest BCUT2D eigenvalue weighted by molar-refractivity contribution is 5.99. The summed E-state index contributed by atoms with van der Waals surface area (Å²) in [5.41, 5.74) is 7.96. The Morgan fingerprint density at radius 1 is 1.39 bits per heavy atom. The largest absolute Gasteiger partial charge is 0.465 e. The predicted octanol–water partition coefficient (Wildman–Crippen LogP) is 2.68. The molecule has 18 heavy (non-hydrogen) atoms. The lowest BCUT2D eigenvalue weighted by Gasteiger charge is -2.26. The van der Waals surface area contributed by atoms with E-state index in [4.69, 9.17) is 10.5 Å². The molecule has 0 aliphatic carbocycles. The molecule has 0 fully saturated rings. The number of para-hydroxylation sites is 1. The number of hydrogen-bond donors (Lipinski definition) is 1. The van der Waals surface area contributed by atoms with Gasteiger partial charge in [-0.15, -0.1) is 0 Å². The van der Waals surface area contributed by atoms with E-state index in [1.165, 1.54) is 7.11 Å². The number of nitrogens with zero attached hydrogens (tertiary/aromatic N) is 1.